The maximum atomic E-state index is 6.24. The van der Waals surface area contributed by atoms with Crippen LogP contribution in [0.25, 0.3) is 11.1 Å². The van der Waals surface area contributed by atoms with Gasteiger partial charge >= 0.3 is 0 Å². The van der Waals surface area contributed by atoms with E-state index >= 15 is 0 Å². The smallest absolute Gasteiger partial charge is 0.0400 e. The fourth-order valence-corrected chi connectivity index (χ4v) is 3.60. The minimum absolute atomic E-state index is 0.835. The van der Waals surface area contributed by atoms with E-state index in [9.17, 15) is 0 Å². The number of nitrogen functional groups attached to an aromatic ring is 1. The molecule has 0 fully saturated rings. The van der Waals surface area contributed by atoms with E-state index in [-0.39, 0.29) is 0 Å². The van der Waals surface area contributed by atoms with Crippen molar-refractivity contribution in [2.75, 3.05) is 5.73 Å². The molecule has 0 saturated heterocycles. The summed E-state index contributed by atoms with van der Waals surface area (Å²) in [6.07, 6.45) is 0. The molecule has 1 aliphatic rings. The molecule has 3 aromatic carbocycles. The number of rotatable bonds is 2. The highest BCUT2D eigenvalue weighted by Gasteiger charge is 2.29. The first kappa shape index (κ1) is 14.7. The van der Waals surface area contributed by atoms with Crippen molar-refractivity contribution in [3.63, 3.8) is 0 Å². The lowest BCUT2D eigenvalue weighted by Gasteiger charge is -2.30. The molecular weight excluding hydrogens is 414 g/mol. The Balaban J connectivity index is 1.95. The van der Waals surface area contributed by atoms with Crippen LogP contribution in [0.5, 0.6) is 0 Å². The Morgan fingerprint density at radius 3 is 1.70 bits per heavy atom. The van der Waals surface area contributed by atoms with Crippen LogP contribution < -0.4 is 5.73 Å². The molecule has 0 spiro atoms. The van der Waals surface area contributed by atoms with Crippen molar-refractivity contribution in [3.05, 3.63) is 97.9 Å². The molecule has 1 nitrogen and oxygen atoms in total. The molecule has 112 valence electrons. The summed E-state index contributed by atoms with van der Waals surface area (Å²) in [7, 11) is 0. The van der Waals surface area contributed by atoms with Crippen LogP contribution in [-0.2, 0) is 0 Å². The molecule has 0 amide bonds. The van der Waals surface area contributed by atoms with Gasteiger partial charge < -0.3 is 5.73 Å². The monoisotopic (exact) mass is 425 g/mol. The first-order chi connectivity index (χ1) is 11.1. The molecule has 23 heavy (non-hydrogen) atoms. The minimum atomic E-state index is 0.835. The lowest BCUT2D eigenvalue weighted by molar-refractivity contribution is 1.42. The number of halogens is 2. The van der Waals surface area contributed by atoms with E-state index in [0.717, 1.165) is 20.2 Å². The predicted octanol–water partition coefficient (Wildman–Crippen LogP) is 6.11. The van der Waals surface area contributed by atoms with Crippen molar-refractivity contribution >= 4 is 48.7 Å². The Hall–Kier alpha value is -1.84. The Kier molecular flexibility index (Phi) is 3.63. The van der Waals surface area contributed by atoms with E-state index in [2.05, 4.69) is 86.5 Å². The molecule has 0 unspecified atom stereocenters. The molecule has 0 atom stereocenters. The van der Waals surface area contributed by atoms with Crippen LogP contribution in [0.2, 0.25) is 0 Å². The lowest BCUT2D eigenvalue weighted by atomic mass is 9.73. The van der Waals surface area contributed by atoms with Crippen molar-refractivity contribution < 1.29 is 0 Å². The SMILES string of the molecule is Nc1cccc2c1C(c1ccc(Br)cc1)=C2c1ccc(Br)cc1. The van der Waals surface area contributed by atoms with Crippen molar-refractivity contribution in [2.24, 2.45) is 0 Å². The van der Waals surface area contributed by atoms with Gasteiger partial charge in [-0.2, -0.15) is 0 Å². The maximum Gasteiger partial charge on any atom is 0.0400 e. The predicted molar refractivity (Wildman–Crippen MR) is 104 cm³/mol. The molecule has 0 aromatic heterocycles. The van der Waals surface area contributed by atoms with Crippen LogP contribution in [-0.4, -0.2) is 0 Å². The second-order valence-corrected chi connectivity index (χ2v) is 7.36. The van der Waals surface area contributed by atoms with Gasteiger partial charge in [0.1, 0.15) is 0 Å². The number of nitrogens with two attached hydrogens (primary N) is 1. The summed E-state index contributed by atoms with van der Waals surface area (Å²) in [5, 5.41) is 0. The molecular formula is C20H13Br2N. The van der Waals surface area contributed by atoms with Crippen LogP contribution in [0, 0.1) is 0 Å². The van der Waals surface area contributed by atoms with Gasteiger partial charge in [-0.3, -0.25) is 0 Å². The Morgan fingerprint density at radius 1 is 0.609 bits per heavy atom. The minimum Gasteiger partial charge on any atom is -0.398 e. The first-order valence-electron chi connectivity index (χ1n) is 7.30. The summed E-state index contributed by atoms with van der Waals surface area (Å²) in [5.41, 5.74) is 14.4. The third-order valence-corrected chi connectivity index (χ3v) is 5.19. The van der Waals surface area contributed by atoms with Gasteiger partial charge in [0, 0.05) is 25.8 Å². The van der Waals surface area contributed by atoms with Gasteiger partial charge in [0.25, 0.3) is 0 Å². The van der Waals surface area contributed by atoms with Crippen LogP contribution in [0.1, 0.15) is 22.3 Å². The van der Waals surface area contributed by atoms with Crippen LogP contribution in [0.15, 0.2) is 75.7 Å². The zero-order valence-electron chi connectivity index (χ0n) is 12.2. The average Bonchev–Trinajstić information content (AvgIpc) is 2.53. The van der Waals surface area contributed by atoms with Gasteiger partial charge in [0.2, 0.25) is 0 Å². The Morgan fingerprint density at radius 2 is 1.13 bits per heavy atom. The fourth-order valence-electron chi connectivity index (χ4n) is 3.08. The number of hydrogen-bond acceptors (Lipinski definition) is 1. The topological polar surface area (TPSA) is 26.0 Å². The van der Waals surface area contributed by atoms with E-state index < -0.39 is 0 Å². The molecule has 2 N–H and O–H groups in total. The molecule has 0 heterocycles. The van der Waals surface area contributed by atoms with E-state index in [4.69, 9.17) is 5.73 Å². The summed E-state index contributed by atoms with van der Waals surface area (Å²) in [5.74, 6) is 0. The third kappa shape index (κ3) is 2.44. The summed E-state index contributed by atoms with van der Waals surface area (Å²) >= 11 is 7.01. The van der Waals surface area contributed by atoms with Gasteiger partial charge in [0.15, 0.2) is 0 Å². The van der Waals surface area contributed by atoms with Gasteiger partial charge in [-0.25, -0.2) is 0 Å². The number of fused-ring (bicyclic) bond motifs is 1. The Labute approximate surface area is 152 Å². The highest BCUT2D eigenvalue weighted by Crippen LogP contribution is 2.50. The highest BCUT2D eigenvalue weighted by molar-refractivity contribution is 9.10. The zero-order valence-corrected chi connectivity index (χ0v) is 15.4. The van der Waals surface area contributed by atoms with Gasteiger partial charge in [-0.15, -0.1) is 0 Å². The second kappa shape index (κ2) is 5.66. The largest absolute Gasteiger partial charge is 0.398 e. The number of hydrogen-bond donors (Lipinski definition) is 1. The summed E-state index contributed by atoms with van der Waals surface area (Å²) < 4.78 is 2.16. The van der Waals surface area contributed by atoms with E-state index in [1.165, 1.54) is 27.8 Å². The van der Waals surface area contributed by atoms with Crippen LogP contribution in [0.3, 0.4) is 0 Å². The van der Waals surface area contributed by atoms with Crippen LogP contribution >= 0.6 is 31.9 Å². The van der Waals surface area contributed by atoms with Crippen molar-refractivity contribution in [2.45, 2.75) is 0 Å². The average molecular weight is 427 g/mol. The van der Waals surface area contributed by atoms with Crippen LogP contribution in [0.4, 0.5) is 5.69 Å². The van der Waals surface area contributed by atoms with Crippen molar-refractivity contribution in [3.8, 4) is 0 Å². The quantitative estimate of drug-likeness (QED) is 0.384. The normalized spacial score (nSPS) is 12.8. The lowest BCUT2D eigenvalue weighted by Crippen LogP contribution is -2.12. The van der Waals surface area contributed by atoms with E-state index in [0.29, 0.717) is 0 Å². The molecule has 3 aromatic rings. The number of anilines is 1. The Bertz CT molecular complexity index is 923. The van der Waals surface area contributed by atoms with Gasteiger partial charge in [-0.05, 0) is 52.6 Å². The number of benzene rings is 3. The first-order valence-corrected chi connectivity index (χ1v) is 8.89. The molecule has 0 aliphatic heterocycles. The summed E-state index contributed by atoms with van der Waals surface area (Å²) in [6, 6.07) is 23.0. The van der Waals surface area contributed by atoms with Gasteiger partial charge in [0.05, 0.1) is 0 Å². The second-order valence-electron chi connectivity index (χ2n) is 5.53. The van der Waals surface area contributed by atoms with Crippen molar-refractivity contribution in [1.82, 2.24) is 0 Å². The molecule has 0 bridgehead atoms. The van der Waals surface area contributed by atoms with Crippen molar-refractivity contribution in [1.29, 1.82) is 0 Å². The standard InChI is InChI=1S/C20H13Br2N/c21-14-8-4-12(5-9-14)18-16-2-1-3-17(23)20(16)19(18)13-6-10-15(22)11-7-13/h1-11H,23H2. The van der Waals surface area contributed by atoms with E-state index in [1.807, 2.05) is 12.1 Å². The van der Waals surface area contributed by atoms with E-state index in [1.54, 1.807) is 0 Å². The summed E-state index contributed by atoms with van der Waals surface area (Å²) in [6.45, 7) is 0. The molecule has 0 radical (unpaired) electrons. The molecule has 0 saturated carbocycles. The maximum absolute atomic E-state index is 6.24. The molecule has 3 heteroatoms. The molecule has 1 aliphatic carbocycles. The summed E-state index contributed by atoms with van der Waals surface area (Å²) in [4.78, 5) is 0. The van der Waals surface area contributed by atoms with Gasteiger partial charge in [-0.1, -0.05) is 68.3 Å². The fraction of sp³-hybridized carbons (Fsp3) is 0. The highest BCUT2D eigenvalue weighted by atomic mass is 79.9. The zero-order chi connectivity index (χ0) is 16.0. The third-order valence-electron chi connectivity index (χ3n) is 4.13. The molecule has 4 rings (SSSR count).